The van der Waals surface area contributed by atoms with Gasteiger partial charge in [-0.2, -0.15) is 5.26 Å². The molecular weight excluding hydrogens is 266 g/mol. The van der Waals surface area contributed by atoms with E-state index in [9.17, 15) is 10.1 Å². The van der Waals surface area contributed by atoms with E-state index >= 15 is 0 Å². The molecule has 1 aromatic rings. The van der Waals surface area contributed by atoms with E-state index in [0.717, 1.165) is 43.4 Å². The molecule has 0 saturated carbocycles. The number of rotatable bonds is 5. The van der Waals surface area contributed by atoms with Crippen LogP contribution < -0.4 is 4.90 Å². The van der Waals surface area contributed by atoms with Crippen LogP contribution in [0.4, 0.5) is 5.82 Å². The maximum atomic E-state index is 11.1. The van der Waals surface area contributed by atoms with Gasteiger partial charge in [-0.15, -0.1) is 0 Å². The van der Waals surface area contributed by atoms with Gasteiger partial charge in [-0.3, -0.25) is 4.79 Å². The number of fused-ring (bicyclic) bond motifs is 1. The molecule has 0 aliphatic heterocycles. The summed E-state index contributed by atoms with van der Waals surface area (Å²) in [4.78, 5) is 17.5. The van der Waals surface area contributed by atoms with E-state index in [1.165, 1.54) is 0 Å². The first-order chi connectivity index (χ1) is 10.1. The number of carbonyl (C=O) groups is 1. The minimum atomic E-state index is -0.904. The van der Waals surface area contributed by atoms with Gasteiger partial charge in [0, 0.05) is 11.7 Å². The number of pyridine rings is 1. The van der Waals surface area contributed by atoms with Crippen molar-refractivity contribution in [3.05, 3.63) is 22.9 Å². The Morgan fingerprint density at radius 2 is 2.24 bits per heavy atom. The van der Waals surface area contributed by atoms with E-state index < -0.39 is 5.97 Å². The Bertz CT molecular complexity index is 578. The van der Waals surface area contributed by atoms with Gasteiger partial charge in [-0.05, 0) is 50.7 Å². The molecule has 1 aromatic heterocycles. The molecule has 1 aliphatic carbocycles. The third-order valence-corrected chi connectivity index (χ3v) is 4.10. The summed E-state index contributed by atoms with van der Waals surface area (Å²) in [5.41, 5.74) is 2.65. The lowest BCUT2D eigenvalue weighted by Crippen LogP contribution is -2.38. The highest BCUT2D eigenvalue weighted by molar-refractivity contribution is 5.74. The molecule has 5 heteroatoms. The molecule has 0 saturated heterocycles. The molecule has 1 unspecified atom stereocenters. The molecule has 0 radical (unpaired) electrons. The average Bonchev–Trinajstić information content (AvgIpc) is 2.50. The standard InChI is InChI=1S/C16H21N3O2/c1-3-11(2)19(10-15(20)21)16-13(9-17)8-12-6-4-5-7-14(12)18-16/h8,11H,3-7,10H2,1-2H3,(H,20,21). The van der Waals surface area contributed by atoms with Crippen molar-refractivity contribution in [2.75, 3.05) is 11.4 Å². The van der Waals surface area contributed by atoms with Crippen LogP contribution in [-0.4, -0.2) is 28.6 Å². The van der Waals surface area contributed by atoms with Crippen molar-refractivity contribution >= 4 is 11.8 Å². The van der Waals surface area contributed by atoms with Gasteiger partial charge in [0.25, 0.3) is 0 Å². The molecule has 0 amide bonds. The zero-order chi connectivity index (χ0) is 15.4. The number of hydrogen-bond acceptors (Lipinski definition) is 4. The lowest BCUT2D eigenvalue weighted by Gasteiger charge is -2.30. The third kappa shape index (κ3) is 3.33. The SMILES string of the molecule is CCC(C)N(CC(=O)O)c1nc2c(cc1C#N)CCCC2. The second-order valence-electron chi connectivity index (χ2n) is 5.56. The van der Waals surface area contributed by atoms with Gasteiger partial charge in [-0.25, -0.2) is 4.98 Å². The quantitative estimate of drug-likeness (QED) is 0.900. The number of aryl methyl sites for hydroxylation is 2. The van der Waals surface area contributed by atoms with Crippen molar-refractivity contribution in [1.29, 1.82) is 5.26 Å². The zero-order valence-corrected chi connectivity index (χ0v) is 12.6. The second kappa shape index (κ2) is 6.57. The van der Waals surface area contributed by atoms with Crippen LogP contribution in [0.25, 0.3) is 0 Å². The van der Waals surface area contributed by atoms with E-state index in [1.54, 1.807) is 4.90 Å². The number of nitriles is 1. The highest BCUT2D eigenvalue weighted by Gasteiger charge is 2.23. The highest BCUT2D eigenvalue weighted by atomic mass is 16.4. The van der Waals surface area contributed by atoms with Crippen LogP contribution in [0, 0.1) is 11.3 Å². The fraction of sp³-hybridized carbons (Fsp3) is 0.562. The molecular formula is C16H21N3O2. The first-order valence-electron chi connectivity index (χ1n) is 7.48. The van der Waals surface area contributed by atoms with Crippen molar-refractivity contribution in [2.45, 2.75) is 52.0 Å². The van der Waals surface area contributed by atoms with E-state index in [4.69, 9.17) is 5.11 Å². The smallest absolute Gasteiger partial charge is 0.323 e. The summed E-state index contributed by atoms with van der Waals surface area (Å²) in [6, 6.07) is 4.11. The van der Waals surface area contributed by atoms with Crippen molar-refractivity contribution in [3.8, 4) is 6.07 Å². The number of aliphatic carboxylic acids is 1. The number of carboxylic acid groups (broad SMARTS) is 1. The summed E-state index contributed by atoms with van der Waals surface area (Å²) in [7, 11) is 0. The Balaban J connectivity index is 2.48. The molecule has 112 valence electrons. The van der Waals surface area contributed by atoms with E-state index in [-0.39, 0.29) is 12.6 Å². The first kappa shape index (κ1) is 15.3. The van der Waals surface area contributed by atoms with E-state index in [1.807, 2.05) is 19.9 Å². The number of nitrogens with zero attached hydrogens (tertiary/aromatic N) is 3. The molecule has 1 heterocycles. The normalized spacial score (nSPS) is 14.9. The predicted octanol–water partition coefficient (Wildman–Crippen LogP) is 2.52. The van der Waals surface area contributed by atoms with Gasteiger partial charge in [0.1, 0.15) is 18.4 Å². The van der Waals surface area contributed by atoms with Crippen molar-refractivity contribution in [2.24, 2.45) is 0 Å². The van der Waals surface area contributed by atoms with Crippen molar-refractivity contribution in [3.63, 3.8) is 0 Å². The number of aromatic nitrogens is 1. The molecule has 1 atom stereocenters. The lowest BCUT2D eigenvalue weighted by atomic mass is 9.94. The zero-order valence-electron chi connectivity index (χ0n) is 12.6. The molecule has 0 bridgehead atoms. The van der Waals surface area contributed by atoms with E-state index in [2.05, 4.69) is 11.1 Å². The largest absolute Gasteiger partial charge is 0.480 e. The maximum absolute atomic E-state index is 11.1. The Hall–Kier alpha value is -2.09. The second-order valence-corrected chi connectivity index (χ2v) is 5.56. The molecule has 0 spiro atoms. The van der Waals surface area contributed by atoms with Gasteiger partial charge in [0.15, 0.2) is 0 Å². The number of carboxylic acids is 1. The van der Waals surface area contributed by atoms with Crippen LogP contribution >= 0.6 is 0 Å². The van der Waals surface area contributed by atoms with Crippen LogP contribution in [0.3, 0.4) is 0 Å². The molecule has 0 aromatic carbocycles. The molecule has 1 N–H and O–H groups in total. The summed E-state index contributed by atoms with van der Waals surface area (Å²) < 4.78 is 0. The molecule has 0 fully saturated rings. The Labute approximate surface area is 125 Å². The fourth-order valence-electron chi connectivity index (χ4n) is 2.73. The van der Waals surface area contributed by atoms with Gasteiger partial charge in [0.05, 0.1) is 5.56 Å². The number of hydrogen-bond donors (Lipinski definition) is 1. The van der Waals surface area contributed by atoms with Crippen LogP contribution in [0.1, 0.15) is 49.9 Å². The third-order valence-electron chi connectivity index (χ3n) is 4.10. The van der Waals surface area contributed by atoms with Gasteiger partial charge < -0.3 is 10.0 Å². The van der Waals surface area contributed by atoms with Crippen LogP contribution in [0.5, 0.6) is 0 Å². The monoisotopic (exact) mass is 287 g/mol. The minimum absolute atomic E-state index is 0.0299. The topological polar surface area (TPSA) is 77.2 Å². The summed E-state index contributed by atoms with van der Waals surface area (Å²) in [6.07, 6.45) is 4.91. The van der Waals surface area contributed by atoms with Crippen molar-refractivity contribution < 1.29 is 9.90 Å². The Morgan fingerprint density at radius 1 is 1.52 bits per heavy atom. The van der Waals surface area contributed by atoms with Crippen LogP contribution in [0.15, 0.2) is 6.07 Å². The maximum Gasteiger partial charge on any atom is 0.323 e. The lowest BCUT2D eigenvalue weighted by molar-refractivity contribution is -0.135. The first-order valence-corrected chi connectivity index (χ1v) is 7.48. The summed E-state index contributed by atoms with van der Waals surface area (Å²) in [5.74, 6) is -0.381. The van der Waals surface area contributed by atoms with Crippen LogP contribution in [0.2, 0.25) is 0 Å². The Morgan fingerprint density at radius 3 is 2.86 bits per heavy atom. The van der Waals surface area contributed by atoms with Gasteiger partial charge >= 0.3 is 5.97 Å². The summed E-state index contributed by atoms with van der Waals surface area (Å²) in [6.45, 7) is 3.84. The molecule has 2 rings (SSSR count). The summed E-state index contributed by atoms with van der Waals surface area (Å²) in [5, 5.41) is 18.5. The highest BCUT2D eigenvalue weighted by Crippen LogP contribution is 2.27. The minimum Gasteiger partial charge on any atom is -0.480 e. The van der Waals surface area contributed by atoms with E-state index in [0.29, 0.717) is 11.4 Å². The van der Waals surface area contributed by atoms with Crippen molar-refractivity contribution in [1.82, 2.24) is 4.98 Å². The van der Waals surface area contributed by atoms with Gasteiger partial charge in [-0.1, -0.05) is 6.92 Å². The fourth-order valence-corrected chi connectivity index (χ4v) is 2.73. The average molecular weight is 287 g/mol. The number of anilines is 1. The molecule has 1 aliphatic rings. The Kier molecular flexibility index (Phi) is 4.79. The molecule has 21 heavy (non-hydrogen) atoms. The van der Waals surface area contributed by atoms with Gasteiger partial charge in [0.2, 0.25) is 0 Å². The molecule has 5 nitrogen and oxygen atoms in total. The predicted molar refractivity (Wildman–Crippen MR) is 80.3 cm³/mol. The van der Waals surface area contributed by atoms with Crippen LogP contribution in [-0.2, 0) is 17.6 Å². The summed E-state index contributed by atoms with van der Waals surface area (Å²) >= 11 is 0.